The Bertz CT molecular complexity index is 664. The van der Waals surface area contributed by atoms with Gasteiger partial charge in [-0.2, -0.15) is 0 Å². The fraction of sp³-hybridized carbons (Fsp3) is 0.462. The molecule has 3 rings (SSSR count). The van der Waals surface area contributed by atoms with E-state index in [4.69, 9.17) is 0 Å². The zero-order valence-electron chi connectivity index (χ0n) is 11.7. The first-order chi connectivity index (χ1) is 10.1. The molecule has 0 aliphatic heterocycles. The van der Waals surface area contributed by atoms with Gasteiger partial charge in [-0.1, -0.05) is 0 Å². The maximum atomic E-state index is 11.0. The van der Waals surface area contributed by atoms with Crippen LogP contribution in [0, 0.1) is 17.0 Å². The van der Waals surface area contributed by atoms with Gasteiger partial charge >= 0.3 is 5.69 Å². The molecule has 0 radical (unpaired) electrons. The van der Waals surface area contributed by atoms with Gasteiger partial charge in [0.2, 0.25) is 5.82 Å². The predicted octanol–water partition coefficient (Wildman–Crippen LogP) is 1.88. The van der Waals surface area contributed by atoms with Gasteiger partial charge in [-0.05, 0) is 25.8 Å². The van der Waals surface area contributed by atoms with Gasteiger partial charge in [0.1, 0.15) is 12.2 Å². The lowest BCUT2D eigenvalue weighted by Gasteiger charge is -2.09. The molecule has 2 heterocycles. The maximum Gasteiger partial charge on any atom is 0.311 e. The molecule has 21 heavy (non-hydrogen) atoms. The smallest absolute Gasteiger partial charge is 0.311 e. The Morgan fingerprint density at radius 2 is 2.29 bits per heavy atom. The van der Waals surface area contributed by atoms with E-state index < -0.39 is 4.92 Å². The van der Waals surface area contributed by atoms with Crippen molar-refractivity contribution in [2.24, 2.45) is 0 Å². The van der Waals surface area contributed by atoms with Crippen LogP contribution in [0.15, 0.2) is 18.5 Å². The van der Waals surface area contributed by atoms with Crippen molar-refractivity contribution in [1.82, 2.24) is 19.7 Å². The summed E-state index contributed by atoms with van der Waals surface area (Å²) in [6, 6.07) is 3.10. The molecule has 8 nitrogen and oxygen atoms in total. The lowest BCUT2D eigenvalue weighted by Crippen LogP contribution is -2.14. The summed E-state index contributed by atoms with van der Waals surface area (Å²) < 4.78 is 1.99. The van der Waals surface area contributed by atoms with Crippen LogP contribution in [0.25, 0.3) is 0 Å². The van der Waals surface area contributed by atoms with Crippen LogP contribution in [0.2, 0.25) is 0 Å². The Balaban J connectivity index is 1.66. The van der Waals surface area contributed by atoms with Crippen molar-refractivity contribution in [1.29, 1.82) is 0 Å². The summed E-state index contributed by atoms with van der Waals surface area (Å²) in [6.07, 6.45) is 4.03. The van der Waals surface area contributed by atoms with Gasteiger partial charge in [-0.25, -0.2) is 4.98 Å². The Labute approximate surface area is 121 Å². The van der Waals surface area contributed by atoms with Crippen molar-refractivity contribution < 1.29 is 4.92 Å². The van der Waals surface area contributed by atoms with Crippen molar-refractivity contribution in [2.75, 3.05) is 11.9 Å². The predicted molar refractivity (Wildman–Crippen MR) is 76.1 cm³/mol. The lowest BCUT2D eigenvalue weighted by atomic mass is 10.3. The molecule has 8 heteroatoms. The monoisotopic (exact) mass is 288 g/mol. The third-order valence-electron chi connectivity index (χ3n) is 3.44. The summed E-state index contributed by atoms with van der Waals surface area (Å²) in [6.45, 7) is 3.00. The second-order valence-corrected chi connectivity index (χ2v) is 5.16. The Kier molecular flexibility index (Phi) is 3.51. The summed E-state index contributed by atoms with van der Waals surface area (Å²) in [5.41, 5.74) is 0.734. The van der Waals surface area contributed by atoms with Gasteiger partial charge in [0.05, 0.1) is 4.92 Å². The van der Waals surface area contributed by atoms with Crippen LogP contribution in [0.5, 0.6) is 0 Å². The van der Waals surface area contributed by atoms with E-state index in [2.05, 4.69) is 20.5 Å². The van der Waals surface area contributed by atoms with Gasteiger partial charge in [0, 0.05) is 30.8 Å². The average Bonchev–Trinajstić information content (AvgIpc) is 3.18. The summed E-state index contributed by atoms with van der Waals surface area (Å²) in [5, 5.41) is 22.1. The van der Waals surface area contributed by atoms with Crippen molar-refractivity contribution in [3.8, 4) is 0 Å². The number of nitro groups is 1. The van der Waals surface area contributed by atoms with Crippen molar-refractivity contribution in [2.45, 2.75) is 32.2 Å². The topological polar surface area (TPSA) is 98.8 Å². The number of pyridine rings is 1. The van der Waals surface area contributed by atoms with Gasteiger partial charge in [-0.15, -0.1) is 10.2 Å². The van der Waals surface area contributed by atoms with E-state index in [1.807, 2.05) is 4.57 Å². The molecule has 0 saturated heterocycles. The number of aromatic nitrogens is 4. The molecule has 0 atom stereocenters. The first-order valence-corrected chi connectivity index (χ1v) is 6.89. The van der Waals surface area contributed by atoms with Gasteiger partial charge in [-0.3, -0.25) is 10.1 Å². The van der Waals surface area contributed by atoms with E-state index in [0.717, 1.165) is 24.4 Å². The molecule has 0 spiro atoms. The molecule has 0 amide bonds. The molecule has 0 unspecified atom stereocenters. The largest absolute Gasteiger partial charge is 0.363 e. The van der Waals surface area contributed by atoms with Crippen LogP contribution < -0.4 is 5.32 Å². The molecular formula is C13H16N6O2. The van der Waals surface area contributed by atoms with E-state index in [9.17, 15) is 10.1 Å². The number of hydrogen-bond acceptors (Lipinski definition) is 6. The summed E-state index contributed by atoms with van der Waals surface area (Å²) in [4.78, 5) is 14.7. The minimum Gasteiger partial charge on any atom is -0.363 e. The summed E-state index contributed by atoms with van der Waals surface area (Å²) in [5.74, 6) is 1.84. The van der Waals surface area contributed by atoms with Crippen molar-refractivity contribution >= 4 is 11.5 Å². The van der Waals surface area contributed by atoms with Crippen LogP contribution >= 0.6 is 0 Å². The molecule has 2 aromatic rings. The molecule has 1 aliphatic rings. The second kappa shape index (κ2) is 5.47. The molecular weight excluding hydrogens is 272 g/mol. The Morgan fingerprint density at radius 1 is 1.48 bits per heavy atom. The second-order valence-electron chi connectivity index (χ2n) is 5.16. The van der Waals surface area contributed by atoms with Gasteiger partial charge in [0.15, 0.2) is 0 Å². The minimum atomic E-state index is -0.427. The fourth-order valence-corrected chi connectivity index (χ4v) is 2.22. The maximum absolute atomic E-state index is 11.0. The zero-order valence-corrected chi connectivity index (χ0v) is 11.7. The molecule has 0 bridgehead atoms. The van der Waals surface area contributed by atoms with Gasteiger partial charge in [0.25, 0.3) is 0 Å². The highest BCUT2D eigenvalue weighted by Crippen LogP contribution is 2.38. The summed E-state index contributed by atoms with van der Waals surface area (Å²) in [7, 11) is 0. The Hall–Kier alpha value is -2.51. The van der Waals surface area contributed by atoms with Crippen molar-refractivity contribution in [3.05, 3.63) is 40.1 Å². The SMILES string of the molecule is Cc1ccc([N+](=O)[O-])c(NCCn2cnnc2C2CC2)n1. The molecule has 1 N–H and O–H groups in total. The standard InChI is InChI=1S/C13H16N6O2/c1-9-2-5-11(19(20)21)12(16-9)14-6-7-18-8-15-17-13(18)10-3-4-10/h2,5,8,10H,3-4,6-7H2,1H3,(H,14,16). The molecule has 1 fully saturated rings. The van der Waals surface area contributed by atoms with Crippen LogP contribution in [-0.4, -0.2) is 31.2 Å². The lowest BCUT2D eigenvalue weighted by molar-refractivity contribution is -0.384. The minimum absolute atomic E-state index is 0.00762. The third kappa shape index (κ3) is 2.99. The highest BCUT2D eigenvalue weighted by Gasteiger charge is 2.28. The Morgan fingerprint density at radius 3 is 3.00 bits per heavy atom. The van der Waals surface area contributed by atoms with Gasteiger partial charge < -0.3 is 9.88 Å². The van der Waals surface area contributed by atoms with E-state index in [0.29, 0.717) is 24.8 Å². The molecule has 0 aromatic carbocycles. The van der Waals surface area contributed by atoms with Crippen LogP contribution in [0.3, 0.4) is 0 Å². The number of anilines is 1. The number of aryl methyl sites for hydroxylation is 1. The third-order valence-corrected chi connectivity index (χ3v) is 3.44. The average molecular weight is 288 g/mol. The molecule has 1 aliphatic carbocycles. The van der Waals surface area contributed by atoms with E-state index in [-0.39, 0.29) is 5.69 Å². The summed E-state index contributed by atoms with van der Waals surface area (Å²) >= 11 is 0. The van der Waals surface area contributed by atoms with Crippen molar-refractivity contribution in [3.63, 3.8) is 0 Å². The van der Waals surface area contributed by atoms with Crippen LogP contribution in [0.1, 0.15) is 30.3 Å². The number of rotatable bonds is 6. The highest BCUT2D eigenvalue weighted by molar-refractivity contribution is 5.55. The first-order valence-electron chi connectivity index (χ1n) is 6.89. The molecule has 1 saturated carbocycles. The highest BCUT2D eigenvalue weighted by atomic mass is 16.6. The number of hydrogen-bond donors (Lipinski definition) is 1. The first kappa shape index (κ1) is 13.5. The number of nitrogens with zero attached hydrogens (tertiary/aromatic N) is 5. The molecule has 110 valence electrons. The fourth-order valence-electron chi connectivity index (χ4n) is 2.22. The zero-order chi connectivity index (χ0) is 14.8. The molecule has 2 aromatic heterocycles. The van der Waals surface area contributed by atoms with Crippen LogP contribution in [-0.2, 0) is 6.54 Å². The van der Waals surface area contributed by atoms with E-state index >= 15 is 0 Å². The van der Waals surface area contributed by atoms with E-state index in [1.54, 1.807) is 19.3 Å². The number of nitrogens with one attached hydrogen (secondary N) is 1. The van der Waals surface area contributed by atoms with E-state index in [1.165, 1.54) is 6.07 Å². The normalized spacial score (nSPS) is 14.1. The van der Waals surface area contributed by atoms with Crippen LogP contribution in [0.4, 0.5) is 11.5 Å². The quantitative estimate of drug-likeness (QED) is 0.643.